The zero-order chi connectivity index (χ0) is 29.6. The number of aromatic nitrogens is 1. The number of aliphatic imine (C=N–C) groups is 2. The Hall–Kier alpha value is -3.98. The highest BCUT2D eigenvalue weighted by molar-refractivity contribution is 8.14. The highest BCUT2D eigenvalue weighted by Crippen LogP contribution is 2.38. The lowest BCUT2D eigenvalue weighted by atomic mass is 10.1. The van der Waals surface area contributed by atoms with Crippen molar-refractivity contribution in [2.45, 2.75) is 44.7 Å². The number of methoxy groups -OCH3 is 1. The number of nitrogens with zero attached hydrogens (tertiary/aromatic N) is 4. The van der Waals surface area contributed by atoms with E-state index in [1.807, 2.05) is 11.1 Å². The minimum Gasteiger partial charge on any atom is -0.493 e. The van der Waals surface area contributed by atoms with Crippen LogP contribution in [0.2, 0.25) is 0 Å². The van der Waals surface area contributed by atoms with Crippen LogP contribution in [-0.4, -0.2) is 89.7 Å². The molecule has 1 fully saturated rings. The molecule has 3 amide bonds. The van der Waals surface area contributed by atoms with Gasteiger partial charge in [0.2, 0.25) is 5.91 Å². The van der Waals surface area contributed by atoms with Gasteiger partial charge >= 0.3 is 5.97 Å². The van der Waals surface area contributed by atoms with E-state index < -0.39 is 17.9 Å². The SMILES string of the molecule is CCOC(=O)C1CSC(NC(=O)c2csc(NC(=O)CCCOc3cc4c(cc3OC)C(=O)N3CCC[C@H]3C=N4)n2)=N1. The number of ether oxygens (including phenoxy) is 3. The minimum atomic E-state index is -0.645. The fourth-order valence-corrected chi connectivity index (χ4v) is 6.21. The third-order valence-corrected chi connectivity index (χ3v) is 8.40. The number of anilines is 1. The molecule has 1 aromatic heterocycles. The second-order valence-electron chi connectivity index (χ2n) is 9.51. The molecule has 2 N–H and O–H groups in total. The quantitative estimate of drug-likeness (QED) is 0.303. The maximum Gasteiger partial charge on any atom is 0.331 e. The third kappa shape index (κ3) is 6.73. The molecule has 3 aliphatic rings. The monoisotopic (exact) mass is 614 g/mol. The molecule has 3 aliphatic heterocycles. The standard InChI is InChI=1S/C27H30N6O7S2/c1-3-39-25(37)19-14-42-27(30-19)32-23(35)18-13-41-26(29-18)31-22(34)7-5-9-40-21-11-17-16(10-20(21)38-2)24(36)33-8-4-6-15(33)12-28-17/h10-13,15,19H,3-9,14H2,1-2H3,(H,29,31,34)(H,30,32,35)/t15-,19?/m0/s1. The molecule has 0 radical (unpaired) electrons. The van der Waals surface area contributed by atoms with E-state index in [-0.39, 0.29) is 48.3 Å². The van der Waals surface area contributed by atoms with Crippen LogP contribution in [0.5, 0.6) is 11.5 Å². The van der Waals surface area contributed by atoms with Crippen molar-refractivity contribution < 1.29 is 33.4 Å². The Morgan fingerprint density at radius 3 is 2.86 bits per heavy atom. The summed E-state index contributed by atoms with van der Waals surface area (Å²) in [6, 6.07) is 2.71. The van der Waals surface area contributed by atoms with E-state index in [0.29, 0.717) is 46.6 Å². The van der Waals surface area contributed by atoms with Crippen LogP contribution in [0.3, 0.4) is 0 Å². The van der Waals surface area contributed by atoms with Gasteiger partial charge in [0, 0.05) is 36.4 Å². The van der Waals surface area contributed by atoms with Gasteiger partial charge in [-0.25, -0.2) is 14.8 Å². The lowest BCUT2D eigenvalue weighted by molar-refractivity contribution is -0.143. The molecular weight excluding hydrogens is 584 g/mol. The van der Waals surface area contributed by atoms with E-state index >= 15 is 0 Å². The van der Waals surface area contributed by atoms with Crippen LogP contribution in [0.1, 0.15) is 53.5 Å². The summed E-state index contributed by atoms with van der Waals surface area (Å²) >= 11 is 2.37. The molecule has 1 aromatic carbocycles. The summed E-state index contributed by atoms with van der Waals surface area (Å²) in [5.41, 5.74) is 1.13. The van der Waals surface area contributed by atoms with Gasteiger partial charge in [-0.15, -0.1) is 11.3 Å². The number of thiazole rings is 1. The molecular formula is C27H30N6O7S2. The van der Waals surface area contributed by atoms with E-state index in [0.717, 1.165) is 24.2 Å². The largest absolute Gasteiger partial charge is 0.493 e. The number of thioether (sulfide) groups is 1. The van der Waals surface area contributed by atoms with E-state index in [1.54, 1.807) is 19.1 Å². The number of rotatable bonds is 10. The Labute approximate surface area is 250 Å². The molecule has 1 saturated heterocycles. The van der Waals surface area contributed by atoms with Crippen LogP contribution >= 0.6 is 23.1 Å². The Bertz CT molecular complexity index is 1440. The molecule has 0 bridgehead atoms. The molecule has 5 rings (SSSR count). The molecule has 15 heteroatoms. The van der Waals surface area contributed by atoms with Crippen LogP contribution in [0.25, 0.3) is 0 Å². The summed E-state index contributed by atoms with van der Waals surface area (Å²) in [6.45, 7) is 2.92. The summed E-state index contributed by atoms with van der Waals surface area (Å²) in [6.07, 6.45) is 4.23. The predicted molar refractivity (Wildman–Crippen MR) is 158 cm³/mol. The van der Waals surface area contributed by atoms with E-state index in [4.69, 9.17) is 14.2 Å². The first-order chi connectivity index (χ1) is 20.4. The van der Waals surface area contributed by atoms with Gasteiger partial charge in [0.05, 0.1) is 37.6 Å². The molecule has 4 heterocycles. The zero-order valence-corrected chi connectivity index (χ0v) is 24.7. The van der Waals surface area contributed by atoms with Crippen LogP contribution < -0.4 is 20.1 Å². The number of carbonyl (C=O) groups is 4. The smallest absolute Gasteiger partial charge is 0.331 e. The molecule has 42 heavy (non-hydrogen) atoms. The van der Waals surface area contributed by atoms with Crippen molar-refractivity contribution in [1.29, 1.82) is 0 Å². The van der Waals surface area contributed by atoms with Gasteiger partial charge in [0.25, 0.3) is 11.8 Å². The molecule has 222 valence electrons. The van der Waals surface area contributed by atoms with Crippen LogP contribution in [0.4, 0.5) is 10.8 Å². The van der Waals surface area contributed by atoms with Crippen LogP contribution in [0.15, 0.2) is 27.5 Å². The summed E-state index contributed by atoms with van der Waals surface area (Å²) in [5.74, 6) is -0.00814. The van der Waals surface area contributed by atoms with Crippen molar-refractivity contribution >= 4 is 69.0 Å². The third-order valence-electron chi connectivity index (χ3n) is 6.68. The second kappa shape index (κ2) is 13.3. The van der Waals surface area contributed by atoms with Crippen molar-refractivity contribution in [1.82, 2.24) is 15.2 Å². The van der Waals surface area contributed by atoms with Gasteiger partial charge in [-0.05, 0) is 32.3 Å². The minimum absolute atomic E-state index is 0.00772. The Balaban J connectivity index is 1.09. The average Bonchev–Trinajstić information content (AvgIpc) is 3.74. The summed E-state index contributed by atoms with van der Waals surface area (Å²) in [4.78, 5) is 64.5. The van der Waals surface area contributed by atoms with Crippen LogP contribution in [0, 0.1) is 0 Å². The van der Waals surface area contributed by atoms with Gasteiger partial charge < -0.3 is 24.4 Å². The first-order valence-electron chi connectivity index (χ1n) is 13.5. The zero-order valence-electron chi connectivity index (χ0n) is 23.1. The van der Waals surface area contributed by atoms with E-state index in [9.17, 15) is 19.2 Å². The number of fused-ring (bicyclic) bond motifs is 2. The number of esters is 1. The van der Waals surface area contributed by atoms with E-state index in [2.05, 4.69) is 25.6 Å². The Kier molecular flexibility index (Phi) is 9.37. The predicted octanol–water partition coefficient (Wildman–Crippen LogP) is 3.03. The number of carbonyl (C=O) groups excluding carboxylic acids is 4. The van der Waals surface area contributed by atoms with Gasteiger partial charge in [-0.3, -0.25) is 24.7 Å². The first-order valence-corrected chi connectivity index (χ1v) is 15.4. The maximum absolute atomic E-state index is 13.0. The fourth-order valence-electron chi connectivity index (χ4n) is 4.62. The molecule has 13 nitrogen and oxygen atoms in total. The lowest BCUT2D eigenvalue weighted by Gasteiger charge is -2.20. The maximum atomic E-state index is 13.0. The molecule has 0 aliphatic carbocycles. The number of benzene rings is 1. The van der Waals surface area contributed by atoms with E-state index in [1.165, 1.54) is 24.3 Å². The summed E-state index contributed by atoms with van der Waals surface area (Å²) < 4.78 is 16.3. The number of nitrogens with one attached hydrogen (secondary N) is 2. The summed E-state index contributed by atoms with van der Waals surface area (Å²) in [5, 5.41) is 7.45. The molecule has 2 aromatic rings. The van der Waals surface area contributed by atoms with Crippen molar-refractivity contribution in [3.63, 3.8) is 0 Å². The van der Waals surface area contributed by atoms with Crippen LogP contribution in [-0.2, 0) is 14.3 Å². The average molecular weight is 615 g/mol. The number of hydrogen-bond donors (Lipinski definition) is 2. The number of hydrogen-bond acceptors (Lipinski definition) is 12. The van der Waals surface area contributed by atoms with Gasteiger partial charge in [-0.1, -0.05) is 11.8 Å². The van der Waals surface area contributed by atoms with Gasteiger partial charge in [-0.2, -0.15) is 0 Å². The topological polar surface area (TPSA) is 161 Å². The van der Waals surface area contributed by atoms with Crippen molar-refractivity contribution in [2.24, 2.45) is 9.98 Å². The summed E-state index contributed by atoms with van der Waals surface area (Å²) in [7, 11) is 1.51. The second-order valence-corrected chi connectivity index (χ2v) is 11.4. The molecule has 1 unspecified atom stereocenters. The highest BCUT2D eigenvalue weighted by Gasteiger charge is 2.32. The highest BCUT2D eigenvalue weighted by atomic mass is 32.2. The van der Waals surface area contributed by atoms with Crippen molar-refractivity contribution in [3.05, 3.63) is 28.8 Å². The Morgan fingerprint density at radius 1 is 1.19 bits per heavy atom. The number of amides is 3. The molecule has 0 saturated carbocycles. The van der Waals surface area contributed by atoms with Gasteiger partial charge in [0.1, 0.15) is 5.69 Å². The molecule has 2 atom stereocenters. The number of amidine groups is 1. The first kappa shape index (κ1) is 29.5. The normalized spacial score (nSPS) is 19.0. The Morgan fingerprint density at radius 2 is 2.05 bits per heavy atom. The van der Waals surface area contributed by atoms with Crippen molar-refractivity contribution in [3.8, 4) is 11.5 Å². The molecule has 0 spiro atoms. The lowest BCUT2D eigenvalue weighted by Crippen LogP contribution is -2.35. The fraction of sp³-hybridized carbons (Fsp3) is 0.444. The van der Waals surface area contributed by atoms with Gasteiger partial charge in [0.15, 0.2) is 27.8 Å². The van der Waals surface area contributed by atoms with Crippen molar-refractivity contribution in [2.75, 3.05) is 37.9 Å².